The fourth-order valence-corrected chi connectivity index (χ4v) is 2.23. The molecule has 72 valence electrons. The summed E-state index contributed by atoms with van der Waals surface area (Å²) in [7, 11) is 2.01. The molecule has 2 rings (SSSR count). The van der Waals surface area contributed by atoms with Crippen LogP contribution in [0, 0.1) is 0 Å². The van der Waals surface area contributed by atoms with Gasteiger partial charge in [-0.25, -0.2) is 0 Å². The largest absolute Gasteiger partial charge is 0.378 e. The van der Waals surface area contributed by atoms with Crippen LogP contribution in [0.25, 0.3) is 0 Å². The van der Waals surface area contributed by atoms with Gasteiger partial charge < -0.3 is 5.11 Å². The van der Waals surface area contributed by atoms with Gasteiger partial charge in [0.1, 0.15) is 6.23 Å². The Balaban J connectivity index is 2.21. The molecule has 0 saturated carbocycles. The molecule has 1 heterocycles. The van der Waals surface area contributed by atoms with Crippen molar-refractivity contribution in [1.82, 2.24) is 4.90 Å². The minimum Gasteiger partial charge on any atom is -0.378 e. The second kappa shape index (κ2) is 3.28. The monoisotopic (exact) mass is 179 g/mol. The van der Waals surface area contributed by atoms with Crippen LogP contribution >= 0.6 is 0 Å². The molecule has 2 atom stereocenters. The number of hydrogen-bond donors (Lipinski definition) is 1. The summed E-state index contributed by atoms with van der Waals surface area (Å²) in [4.78, 5) is 2.09. The Morgan fingerprint density at radius 3 is 3.00 bits per heavy atom. The Morgan fingerprint density at radius 1 is 1.46 bits per heavy atom. The number of hydrogen-bond acceptors (Lipinski definition) is 2. The molecule has 0 aromatic heterocycles. The van der Waals surface area contributed by atoms with Gasteiger partial charge in [-0.15, -0.1) is 0 Å². The first-order chi connectivity index (χ1) is 6.18. The number of rotatable bonds is 0. The van der Waals surface area contributed by atoms with E-state index in [1.807, 2.05) is 7.05 Å². The summed E-state index contributed by atoms with van der Waals surface area (Å²) >= 11 is 0. The molecular formula is C11H17NO. The number of allylic oxidation sites excluding steroid dienone is 2. The van der Waals surface area contributed by atoms with E-state index >= 15 is 0 Å². The van der Waals surface area contributed by atoms with Gasteiger partial charge in [-0.1, -0.05) is 23.3 Å². The first-order valence-electron chi connectivity index (χ1n) is 4.94. The van der Waals surface area contributed by atoms with Crippen LogP contribution in [-0.2, 0) is 0 Å². The molecule has 13 heavy (non-hydrogen) atoms. The lowest BCUT2D eigenvalue weighted by molar-refractivity contribution is -0.0195. The van der Waals surface area contributed by atoms with Gasteiger partial charge in [-0.2, -0.15) is 0 Å². The maximum absolute atomic E-state index is 9.68. The van der Waals surface area contributed by atoms with E-state index in [4.69, 9.17) is 0 Å². The van der Waals surface area contributed by atoms with Crippen molar-refractivity contribution in [2.75, 3.05) is 7.05 Å². The smallest absolute Gasteiger partial charge is 0.107 e. The third-order valence-electron chi connectivity index (χ3n) is 3.18. The first kappa shape index (κ1) is 8.97. The predicted molar refractivity (Wildman–Crippen MR) is 53.2 cm³/mol. The molecule has 0 aromatic rings. The van der Waals surface area contributed by atoms with Crippen LogP contribution in [0.2, 0.25) is 0 Å². The predicted octanol–water partition coefficient (Wildman–Crippen LogP) is 1.68. The number of nitrogens with zero attached hydrogens (tertiary/aromatic N) is 1. The minimum absolute atomic E-state index is 0.243. The maximum atomic E-state index is 9.68. The van der Waals surface area contributed by atoms with E-state index in [9.17, 15) is 5.11 Å². The normalized spacial score (nSPS) is 35.0. The molecule has 2 unspecified atom stereocenters. The molecule has 1 saturated heterocycles. The quantitative estimate of drug-likeness (QED) is 0.611. The lowest BCUT2D eigenvalue weighted by Gasteiger charge is -2.40. The lowest BCUT2D eigenvalue weighted by Crippen LogP contribution is -2.45. The number of piperidine rings is 1. The molecule has 0 bridgehead atoms. The molecule has 0 radical (unpaired) electrons. The summed E-state index contributed by atoms with van der Waals surface area (Å²) in [5, 5.41) is 9.68. The Bertz CT molecular complexity index is 267. The van der Waals surface area contributed by atoms with Crippen LogP contribution in [0.5, 0.6) is 0 Å². The zero-order valence-electron chi connectivity index (χ0n) is 8.33. The summed E-state index contributed by atoms with van der Waals surface area (Å²) < 4.78 is 0. The number of likely N-dealkylation sites (N-methyl/N-ethyl adjacent to an activating group) is 1. The molecule has 0 aromatic carbocycles. The molecular weight excluding hydrogens is 162 g/mol. The number of aliphatic hydroxyl groups is 1. The van der Waals surface area contributed by atoms with E-state index in [1.165, 1.54) is 11.1 Å². The molecule has 0 spiro atoms. The maximum Gasteiger partial charge on any atom is 0.107 e. The van der Waals surface area contributed by atoms with E-state index in [0.717, 1.165) is 19.3 Å². The van der Waals surface area contributed by atoms with Crippen LogP contribution in [0.15, 0.2) is 23.3 Å². The Kier molecular flexibility index (Phi) is 2.26. The van der Waals surface area contributed by atoms with Gasteiger partial charge >= 0.3 is 0 Å². The van der Waals surface area contributed by atoms with Crippen LogP contribution in [0.3, 0.4) is 0 Å². The van der Waals surface area contributed by atoms with E-state index < -0.39 is 0 Å². The summed E-state index contributed by atoms with van der Waals surface area (Å²) in [6, 6.07) is 0.453. The topological polar surface area (TPSA) is 23.5 Å². The molecule has 0 amide bonds. The van der Waals surface area contributed by atoms with E-state index in [1.54, 1.807) is 0 Å². The Morgan fingerprint density at radius 2 is 2.23 bits per heavy atom. The molecule has 1 aliphatic carbocycles. The van der Waals surface area contributed by atoms with Crippen molar-refractivity contribution in [1.29, 1.82) is 0 Å². The van der Waals surface area contributed by atoms with Crippen LogP contribution < -0.4 is 0 Å². The zero-order valence-corrected chi connectivity index (χ0v) is 8.33. The number of likely N-dealkylation sites (tertiary alicyclic amines) is 1. The van der Waals surface area contributed by atoms with Crippen LogP contribution in [0.1, 0.15) is 26.2 Å². The average Bonchev–Trinajstić information content (AvgIpc) is 2.12. The van der Waals surface area contributed by atoms with E-state index in [2.05, 4.69) is 24.0 Å². The summed E-state index contributed by atoms with van der Waals surface area (Å²) in [6.07, 6.45) is 7.21. The van der Waals surface area contributed by atoms with Crippen molar-refractivity contribution in [2.24, 2.45) is 0 Å². The number of aliphatic hydroxyl groups excluding tert-OH is 1. The third kappa shape index (κ3) is 1.56. The fraction of sp³-hybridized carbons (Fsp3) is 0.636. The molecule has 1 N–H and O–H groups in total. The second-order valence-electron chi connectivity index (χ2n) is 4.16. The SMILES string of the molecule is CC1=CC=C2CCC(O)N(C)C2C1. The molecule has 2 heteroatoms. The zero-order chi connectivity index (χ0) is 9.42. The van der Waals surface area contributed by atoms with Crippen molar-refractivity contribution >= 4 is 0 Å². The van der Waals surface area contributed by atoms with Gasteiger partial charge in [0.05, 0.1) is 0 Å². The molecule has 2 aliphatic rings. The van der Waals surface area contributed by atoms with Crippen molar-refractivity contribution in [3.8, 4) is 0 Å². The lowest BCUT2D eigenvalue weighted by atomic mass is 9.86. The molecule has 2 nitrogen and oxygen atoms in total. The van der Waals surface area contributed by atoms with Gasteiger partial charge in [-0.3, -0.25) is 4.90 Å². The highest BCUT2D eigenvalue weighted by Gasteiger charge is 2.30. The Hall–Kier alpha value is -0.600. The van der Waals surface area contributed by atoms with E-state index in [-0.39, 0.29) is 6.23 Å². The van der Waals surface area contributed by atoms with Gasteiger partial charge in [-0.05, 0) is 33.2 Å². The fourth-order valence-electron chi connectivity index (χ4n) is 2.23. The standard InChI is InChI=1S/C11H17NO/c1-8-3-4-9-5-6-11(13)12(2)10(9)7-8/h3-4,10-11,13H,5-7H2,1-2H3. The first-order valence-corrected chi connectivity index (χ1v) is 4.94. The van der Waals surface area contributed by atoms with Crippen molar-refractivity contribution < 1.29 is 5.11 Å². The van der Waals surface area contributed by atoms with Crippen LogP contribution in [0.4, 0.5) is 0 Å². The van der Waals surface area contributed by atoms with Gasteiger partial charge in [0, 0.05) is 6.04 Å². The molecule has 1 fully saturated rings. The van der Waals surface area contributed by atoms with Crippen molar-refractivity contribution in [3.63, 3.8) is 0 Å². The van der Waals surface area contributed by atoms with Crippen LogP contribution in [-0.4, -0.2) is 29.3 Å². The average molecular weight is 179 g/mol. The molecule has 1 aliphatic heterocycles. The van der Waals surface area contributed by atoms with Gasteiger partial charge in [0.15, 0.2) is 0 Å². The summed E-state index contributed by atoms with van der Waals surface area (Å²) in [5.41, 5.74) is 2.90. The Labute approximate surface area is 79.6 Å². The van der Waals surface area contributed by atoms with E-state index in [0.29, 0.717) is 6.04 Å². The number of fused-ring (bicyclic) bond motifs is 1. The van der Waals surface area contributed by atoms with Gasteiger partial charge in [0.2, 0.25) is 0 Å². The summed E-state index contributed by atoms with van der Waals surface area (Å²) in [5.74, 6) is 0. The summed E-state index contributed by atoms with van der Waals surface area (Å²) in [6.45, 7) is 2.15. The van der Waals surface area contributed by atoms with Gasteiger partial charge in [0.25, 0.3) is 0 Å². The highest BCUT2D eigenvalue weighted by atomic mass is 16.3. The van der Waals surface area contributed by atoms with Crippen molar-refractivity contribution in [3.05, 3.63) is 23.3 Å². The second-order valence-corrected chi connectivity index (χ2v) is 4.16. The third-order valence-corrected chi connectivity index (χ3v) is 3.18. The highest BCUT2D eigenvalue weighted by molar-refractivity contribution is 5.29. The van der Waals surface area contributed by atoms with Crippen molar-refractivity contribution in [2.45, 2.75) is 38.5 Å². The minimum atomic E-state index is -0.243. The highest BCUT2D eigenvalue weighted by Crippen LogP contribution is 2.31.